The fourth-order valence-corrected chi connectivity index (χ4v) is 6.15. The van der Waals surface area contributed by atoms with Crippen LogP contribution in [0.4, 0.5) is 0 Å². The molecule has 1 aliphatic heterocycles. The monoisotopic (exact) mass is 527 g/mol. The maximum absolute atomic E-state index is 13.3. The second-order valence-electron chi connectivity index (χ2n) is 10.8. The van der Waals surface area contributed by atoms with Gasteiger partial charge in [0, 0.05) is 30.9 Å². The van der Waals surface area contributed by atoms with E-state index in [9.17, 15) is 4.79 Å². The Morgan fingerprint density at radius 2 is 1.85 bits per heavy atom. The molecule has 0 unspecified atom stereocenters. The Balaban J connectivity index is 1.23. The molecule has 2 aromatic carbocycles. The van der Waals surface area contributed by atoms with Gasteiger partial charge in [0.25, 0.3) is 5.91 Å². The highest BCUT2D eigenvalue weighted by molar-refractivity contribution is 5.94. The van der Waals surface area contributed by atoms with Gasteiger partial charge in [0.05, 0.1) is 25.1 Å². The first-order valence-electron chi connectivity index (χ1n) is 14.2. The zero-order valence-electron chi connectivity index (χ0n) is 23.5. The van der Waals surface area contributed by atoms with E-state index in [0.29, 0.717) is 12.5 Å². The maximum atomic E-state index is 13.3. The van der Waals surface area contributed by atoms with Gasteiger partial charge in [-0.2, -0.15) is 0 Å². The molecule has 1 aromatic heterocycles. The van der Waals surface area contributed by atoms with Crippen LogP contribution in [0.2, 0.25) is 0 Å². The molecule has 5 rings (SSSR count). The van der Waals surface area contributed by atoms with E-state index in [1.165, 1.54) is 11.1 Å². The van der Waals surface area contributed by atoms with Crippen LogP contribution in [0.3, 0.4) is 0 Å². The van der Waals surface area contributed by atoms with Gasteiger partial charge in [-0.1, -0.05) is 54.1 Å². The second kappa shape index (κ2) is 12.6. The Bertz CT molecular complexity index is 1420. The average molecular weight is 528 g/mol. The van der Waals surface area contributed by atoms with Crippen molar-refractivity contribution in [1.82, 2.24) is 14.8 Å². The highest BCUT2D eigenvalue weighted by atomic mass is 16.5. The van der Waals surface area contributed by atoms with Crippen LogP contribution >= 0.6 is 0 Å². The number of hydrogen-bond donors (Lipinski definition) is 1. The van der Waals surface area contributed by atoms with Gasteiger partial charge in [-0.25, -0.2) is 0 Å². The number of ether oxygens (including phenoxy) is 2. The zero-order chi connectivity index (χ0) is 27.2. The highest BCUT2D eigenvalue weighted by Crippen LogP contribution is 2.34. The number of hydrogen-bond acceptors (Lipinski definition) is 4. The molecule has 1 aliphatic carbocycles. The van der Waals surface area contributed by atoms with Gasteiger partial charge in [0.1, 0.15) is 11.5 Å². The number of fused-ring (bicyclic) bond motifs is 1. The molecule has 6 heteroatoms. The van der Waals surface area contributed by atoms with Crippen molar-refractivity contribution in [3.05, 3.63) is 87.5 Å². The summed E-state index contributed by atoms with van der Waals surface area (Å²) in [5, 5.41) is 5.21. The predicted octanol–water partition coefficient (Wildman–Crippen LogP) is 4.33. The zero-order valence-corrected chi connectivity index (χ0v) is 23.5. The van der Waals surface area contributed by atoms with E-state index in [1.54, 1.807) is 14.2 Å². The first-order valence-corrected chi connectivity index (χ1v) is 14.2. The molecular formula is C33H41N3O3. The van der Waals surface area contributed by atoms with Crippen LogP contribution in [-0.2, 0) is 17.8 Å². The molecule has 1 fully saturated rings. The largest absolute Gasteiger partial charge is 0.499 e. The summed E-state index contributed by atoms with van der Waals surface area (Å²) < 4.78 is 13.6. The molecule has 0 spiro atoms. The minimum atomic E-state index is -0.0291. The number of methoxy groups -OCH3 is 2. The summed E-state index contributed by atoms with van der Waals surface area (Å²) in [5.41, 5.74) is 4.39. The number of amides is 1. The van der Waals surface area contributed by atoms with E-state index in [2.05, 4.69) is 64.2 Å². The Labute approximate surface area is 231 Å². The molecule has 3 aromatic rings. The summed E-state index contributed by atoms with van der Waals surface area (Å²) in [7, 11) is 3.50. The second-order valence-corrected chi connectivity index (χ2v) is 10.8. The van der Waals surface area contributed by atoms with Crippen molar-refractivity contribution < 1.29 is 14.3 Å². The standard InChI is InChI=1S/C33H41N3O3/c1-24-9-6-10-25(21-24)22-34-33(37)29-23-36(32-28(29)12-7-14-31(32)39-3)18-8-17-35-19-15-26(16-20-35)27-11-4-5-13-30(27)38-2/h4-6,9-13,21,23,26H,7-8,14-20,22H2,1-3H3,(H,34,37). The molecule has 1 N–H and O–H groups in total. The number of nitrogens with zero attached hydrogens (tertiary/aromatic N) is 2. The molecule has 0 atom stereocenters. The number of nitrogens with one attached hydrogen (secondary N) is 1. The van der Waals surface area contributed by atoms with Crippen molar-refractivity contribution in [1.29, 1.82) is 0 Å². The molecule has 1 amide bonds. The van der Waals surface area contributed by atoms with Crippen molar-refractivity contribution >= 4 is 17.7 Å². The topological polar surface area (TPSA) is 55.7 Å². The highest BCUT2D eigenvalue weighted by Gasteiger charge is 2.23. The van der Waals surface area contributed by atoms with Crippen LogP contribution in [0.5, 0.6) is 5.75 Å². The summed E-state index contributed by atoms with van der Waals surface area (Å²) in [6, 6.07) is 16.7. The van der Waals surface area contributed by atoms with Crippen LogP contribution in [0.15, 0.2) is 54.7 Å². The SMILES string of the molecule is COC1=c2c(c(C(=O)NCc3cccc(C)c3)cn2CCCN2CCC(c3ccccc3OC)CC2)=CCC1. The molecule has 2 aliphatic rings. The number of likely N-dealkylation sites (tertiary alicyclic amines) is 1. The van der Waals surface area contributed by atoms with Crippen LogP contribution in [0.1, 0.15) is 65.1 Å². The van der Waals surface area contributed by atoms with Crippen LogP contribution in [0, 0.1) is 6.92 Å². The Morgan fingerprint density at radius 3 is 2.62 bits per heavy atom. The third kappa shape index (κ3) is 6.22. The minimum Gasteiger partial charge on any atom is -0.499 e. The first kappa shape index (κ1) is 27.1. The number of para-hydroxylation sites is 1. The number of benzene rings is 2. The van der Waals surface area contributed by atoms with Gasteiger partial charge in [-0.3, -0.25) is 4.79 Å². The summed E-state index contributed by atoms with van der Waals surface area (Å²) in [4.78, 5) is 15.9. The molecule has 0 bridgehead atoms. The number of aryl methyl sites for hydroxylation is 2. The number of carbonyl (C=O) groups is 1. The molecule has 6 nitrogen and oxygen atoms in total. The quantitative estimate of drug-likeness (QED) is 0.426. The average Bonchev–Trinajstić information content (AvgIpc) is 3.35. The van der Waals surface area contributed by atoms with Crippen LogP contribution in [-0.4, -0.2) is 49.2 Å². The fraction of sp³-hybridized carbons (Fsp3) is 0.424. The van der Waals surface area contributed by atoms with Crippen LogP contribution in [0.25, 0.3) is 11.8 Å². The number of rotatable bonds is 10. The van der Waals surface area contributed by atoms with E-state index in [4.69, 9.17) is 9.47 Å². The summed E-state index contributed by atoms with van der Waals surface area (Å²) in [5.74, 6) is 2.51. The van der Waals surface area contributed by atoms with E-state index in [1.807, 2.05) is 18.3 Å². The molecule has 39 heavy (non-hydrogen) atoms. The van der Waals surface area contributed by atoms with Crippen molar-refractivity contribution in [3.8, 4) is 5.75 Å². The normalized spacial score (nSPS) is 15.9. The van der Waals surface area contributed by atoms with E-state index < -0.39 is 0 Å². The lowest BCUT2D eigenvalue weighted by molar-refractivity contribution is 0.0950. The Morgan fingerprint density at radius 1 is 1.03 bits per heavy atom. The third-order valence-electron chi connectivity index (χ3n) is 8.17. The summed E-state index contributed by atoms with van der Waals surface area (Å²) in [6.45, 7) is 6.70. The summed E-state index contributed by atoms with van der Waals surface area (Å²) >= 11 is 0. The van der Waals surface area contributed by atoms with Crippen LogP contribution < -0.4 is 20.6 Å². The lowest BCUT2D eigenvalue weighted by Gasteiger charge is -2.32. The third-order valence-corrected chi connectivity index (χ3v) is 8.17. The van der Waals surface area contributed by atoms with Gasteiger partial charge in [-0.05, 0) is 75.4 Å². The van der Waals surface area contributed by atoms with Gasteiger partial charge in [0.2, 0.25) is 0 Å². The fourth-order valence-electron chi connectivity index (χ4n) is 6.15. The molecule has 2 heterocycles. The number of aromatic nitrogens is 1. The molecule has 1 saturated heterocycles. The number of piperidine rings is 1. The van der Waals surface area contributed by atoms with E-state index in [0.717, 1.165) is 91.5 Å². The Hall–Kier alpha value is -3.51. The van der Waals surface area contributed by atoms with Gasteiger partial charge in [0.15, 0.2) is 0 Å². The van der Waals surface area contributed by atoms with E-state index in [-0.39, 0.29) is 5.91 Å². The smallest absolute Gasteiger partial charge is 0.253 e. The first-order chi connectivity index (χ1) is 19.1. The molecule has 0 saturated carbocycles. The molecule has 0 radical (unpaired) electrons. The molecular weight excluding hydrogens is 486 g/mol. The number of carbonyl (C=O) groups excluding carboxylic acids is 1. The van der Waals surface area contributed by atoms with Crippen molar-refractivity contribution in [2.45, 2.75) is 58.0 Å². The molecule has 206 valence electrons. The van der Waals surface area contributed by atoms with Gasteiger partial charge >= 0.3 is 0 Å². The summed E-state index contributed by atoms with van der Waals surface area (Å²) in [6.07, 6.45) is 9.32. The predicted molar refractivity (Wildman–Crippen MR) is 156 cm³/mol. The van der Waals surface area contributed by atoms with Gasteiger partial charge in [-0.15, -0.1) is 0 Å². The Kier molecular flexibility index (Phi) is 8.72. The lowest BCUT2D eigenvalue weighted by Crippen LogP contribution is -2.38. The lowest BCUT2D eigenvalue weighted by atomic mass is 9.89. The maximum Gasteiger partial charge on any atom is 0.253 e. The minimum absolute atomic E-state index is 0.0291. The van der Waals surface area contributed by atoms with Crippen molar-refractivity contribution in [2.24, 2.45) is 0 Å². The van der Waals surface area contributed by atoms with Crippen molar-refractivity contribution in [3.63, 3.8) is 0 Å². The van der Waals surface area contributed by atoms with Crippen molar-refractivity contribution in [2.75, 3.05) is 33.9 Å². The van der Waals surface area contributed by atoms with E-state index >= 15 is 0 Å². The van der Waals surface area contributed by atoms with Gasteiger partial charge < -0.3 is 24.3 Å².